The van der Waals surface area contributed by atoms with Gasteiger partial charge in [0.1, 0.15) is 5.82 Å². The second-order valence-electron chi connectivity index (χ2n) is 4.88. The van der Waals surface area contributed by atoms with E-state index in [-0.39, 0.29) is 0 Å². The number of aromatic nitrogens is 2. The van der Waals surface area contributed by atoms with Gasteiger partial charge in [-0.15, -0.1) is 0 Å². The minimum Gasteiger partial charge on any atom is -0.338 e. The van der Waals surface area contributed by atoms with Crippen molar-refractivity contribution in [1.29, 1.82) is 0 Å². The van der Waals surface area contributed by atoms with E-state index in [4.69, 9.17) is 17.3 Å². The Morgan fingerprint density at radius 3 is 2.83 bits per heavy atom. The van der Waals surface area contributed by atoms with E-state index in [1.807, 2.05) is 55.2 Å². The summed E-state index contributed by atoms with van der Waals surface area (Å²) in [6.45, 7) is 2.03. The summed E-state index contributed by atoms with van der Waals surface area (Å²) < 4.78 is 2.02. The summed E-state index contributed by atoms with van der Waals surface area (Å²) in [5, 5.41) is 0.723. The molecule has 1 atom stereocenters. The van der Waals surface area contributed by atoms with Crippen LogP contribution in [0, 0.1) is 0 Å². The molecule has 0 saturated heterocycles. The molecule has 4 heteroatoms. The maximum atomic E-state index is 6.38. The van der Waals surface area contributed by atoms with Crippen molar-refractivity contribution in [3.8, 4) is 0 Å². The molecule has 0 aliphatic heterocycles. The van der Waals surface area contributed by atoms with Crippen molar-refractivity contribution in [2.75, 3.05) is 0 Å². The van der Waals surface area contributed by atoms with E-state index in [0.717, 1.165) is 29.3 Å². The van der Waals surface area contributed by atoms with Crippen LogP contribution >= 0.6 is 11.6 Å². The molecule has 0 aliphatic rings. The topological polar surface area (TPSA) is 43.8 Å². The fourth-order valence-electron chi connectivity index (χ4n) is 2.00. The number of nitrogens with zero attached hydrogens (tertiary/aromatic N) is 2. The molecule has 0 bridgehead atoms. The Morgan fingerprint density at radius 1 is 1.44 bits per heavy atom. The molecule has 2 aromatic rings. The fourth-order valence-corrected chi connectivity index (χ4v) is 2.19. The van der Waals surface area contributed by atoms with Crippen LogP contribution in [0.2, 0.25) is 5.02 Å². The summed E-state index contributed by atoms with van der Waals surface area (Å²) in [5.74, 6) is 1.05. The molecule has 1 aromatic heterocycles. The first-order valence-electron chi connectivity index (χ1n) is 6.00. The van der Waals surface area contributed by atoms with Gasteiger partial charge in [-0.2, -0.15) is 0 Å². The predicted octanol–water partition coefficient (Wildman–Crippen LogP) is 2.88. The van der Waals surface area contributed by atoms with Gasteiger partial charge in [-0.05, 0) is 31.0 Å². The summed E-state index contributed by atoms with van der Waals surface area (Å²) in [5.41, 5.74) is 7.05. The van der Waals surface area contributed by atoms with E-state index in [1.165, 1.54) is 0 Å². The zero-order valence-electron chi connectivity index (χ0n) is 10.7. The standard InChI is InChI=1S/C14H18ClN3/c1-14(16,11-4-3-5-12(15)10-11)7-6-13-17-8-9-18(13)2/h3-5,8-10H,6-7,16H2,1-2H3. The maximum Gasteiger partial charge on any atom is 0.108 e. The second-order valence-corrected chi connectivity index (χ2v) is 5.32. The van der Waals surface area contributed by atoms with E-state index in [0.29, 0.717) is 0 Å². The van der Waals surface area contributed by atoms with Gasteiger partial charge < -0.3 is 10.3 Å². The Kier molecular flexibility index (Phi) is 3.73. The van der Waals surface area contributed by atoms with Gasteiger partial charge >= 0.3 is 0 Å². The molecular formula is C14H18ClN3. The van der Waals surface area contributed by atoms with Crippen LogP contribution < -0.4 is 5.73 Å². The van der Waals surface area contributed by atoms with E-state index in [9.17, 15) is 0 Å². The lowest BCUT2D eigenvalue weighted by Crippen LogP contribution is -2.33. The van der Waals surface area contributed by atoms with E-state index in [1.54, 1.807) is 0 Å². The van der Waals surface area contributed by atoms with Crippen LogP contribution in [0.25, 0.3) is 0 Å². The van der Waals surface area contributed by atoms with Gasteiger partial charge in [-0.25, -0.2) is 4.98 Å². The highest BCUT2D eigenvalue weighted by molar-refractivity contribution is 6.30. The quantitative estimate of drug-likeness (QED) is 0.922. The van der Waals surface area contributed by atoms with Crippen LogP contribution in [0.15, 0.2) is 36.7 Å². The maximum absolute atomic E-state index is 6.38. The molecular weight excluding hydrogens is 246 g/mol. The largest absolute Gasteiger partial charge is 0.338 e. The highest BCUT2D eigenvalue weighted by Crippen LogP contribution is 2.25. The van der Waals surface area contributed by atoms with Crippen molar-refractivity contribution < 1.29 is 0 Å². The monoisotopic (exact) mass is 263 g/mol. The van der Waals surface area contributed by atoms with Crippen molar-refractivity contribution in [2.45, 2.75) is 25.3 Å². The third kappa shape index (κ3) is 2.92. The fraction of sp³-hybridized carbons (Fsp3) is 0.357. The van der Waals surface area contributed by atoms with Gasteiger partial charge in [0.15, 0.2) is 0 Å². The molecule has 2 rings (SSSR count). The molecule has 2 N–H and O–H groups in total. The van der Waals surface area contributed by atoms with Gasteiger partial charge in [0.25, 0.3) is 0 Å². The SMILES string of the molecule is Cn1ccnc1CCC(C)(N)c1cccc(Cl)c1. The van der Waals surface area contributed by atoms with Crippen molar-refractivity contribution in [3.63, 3.8) is 0 Å². The molecule has 1 aromatic carbocycles. The number of hydrogen-bond donors (Lipinski definition) is 1. The van der Waals surface area contributed by atoms with Gasteiger partial charge in [-0.3, -0.25) is 0 Å². The predicted molar refractivity (Wildman–Crippen MR) is 74.5 cm³/mol. The van der Waals surface area contributed by atoms with Crippen LogP contribution in [-0.2, 0) is 19.0 Å². The number of halogens is 1. The number of hydrogen-bond acceptors (Lipinski definition) is 2. The molecule has 0 radical (unpaired) electrons. The highest BCUT2D eigenvalue weighted by atomic mass is 35.5. The van der Waals surface area contributed by atoms with Gasteiger partial charge in [0.2, 0.25) is 0 Å². The molecule has 0 fully saturated rings. The number of imidazole rings is 1. The third-order valence-corrected chi connectivity index (χ3v) is 3.51. The Bertz CT molecular complexity index is 531. The normalized spacial score (nSPS) is 14.4. The molecule has 1 heterocycles. The first-order chi connectivity index (χ1) is 8.49. The first-order valence-corrected chi connectivity index (χ1v) is 6.38. The molecule has 96 valence electrons. The van der Waals surface area contributed by atoms with Crippen LogP contribution in [-0.4, -0.2) is 9.55 Å². The number of nitrogens with two attached hydrogens (primary N) is 1. The summed E-state index contributed by atoms with van der Waals surface area (Å²) in [4.78, 5) is 4.31. The number of rotatable bonds is 4. The first kappa shape index (κ1) is 13.1. The molecule has 1 unspecified atom stereocenters. The van der Waals surface area contributed by atoms with Crippen molar-refractivity contribution >= 4 is 11.6 Å². The smallest absolute Gasteiger partial charge is 0.108 e. The summed E-state index contributed by atoms with van der Waals surface area (Å²) in [6, 6.07) is 7.74. The number of benzene rings is 1. The van der Waals surface area contributed by atoms with Crippen LogP contribution in [0.5, 0.6) is 0 Å². The molecule has 3 nitrogen and oxygen atoms in total. The minimum atomic E-state index is -0.392. The summed E-state index contributed by atoms with van der Waals surface area (Å²) in [7, 11) is 2.00. The lowest BCUT2D eigenvalue weighted by molar-refractivity contribution is 0.444. The van der Waals surface area contributed by atoms with Crippen LogP contribution in [0.3, 0.4) is 0 Å². The zero-order valence-corrected chi connectivity index (χ0v) is 11.5. The summed E-state index contributed by atoms with van der Waals surface area (Å²) >= 11 is 6.00. The van der Waals surface area contributed by atoms with Gasteiger partial charge in [0, 0.05) is 36.4 Å². The molecule has 0 aliphatic carbocycles. The minimum absolute atomic E-state index is 0.392. The lowest BCUT2D eigenvalue weighted by Gasteiger charge is -2.25. The Balaban J connectivity index is 2.10. The molecule has 18 heavy (non-hydrogen) atoms. The highest BCUT2D eigenvalue weighted by Gasteiger charge is 2.21. The molecule has 0 amide bonds. The van der Waals surface area contributed by atoms with Crippen molar-refractivity contribution in [2.24, 2.45) is 12.8 Å². The molecule has 0 spiro atoms. The average Bonchev–Trinajstić information content (AvgIpc) is 2.72. The van der Waals surface area contributed by atoms with Crippen molar-refractivity contribution in [3.05, 3.63) is 53.1 Å². The molecule has 0 saturated carbocycles. The van der Waals surface area contributed by atoms with Gasteiger partial charge in [0.05, 0.1) is 0 Å². The van der Waals surface area contributed by atoms with E-state index in [2.05, 4.69) is 4.98 Å². The van der Waals surface area contributed by atoms with Crippen LogP contribution in [0.1, 0.15) is 24.7 Å². The van der Waals surface area contributed by atoms with Gasteiger partial charge in [-0.1, -0.05) is 23.7 Å². The van der Waals surface area contributed by atoms with Crippen molar-refractivity contribution in [1.82, 2.24) is 9.55 Å². The number of aryl methyl sites for hydroxylation is 2. The zero-order chi connectivity index (χ0) is 13.2. The Hall–Kier alpha value is -1.32. The third-order valence-electron chi connectivity index (χ3n) is 3.27. The second kappa shape index (κ2) is 5.12. The average molecular weight is 264 g/mol. The van der Waals surface area contributed by atoms with E-state index >= 15 is 0 Å². The lowest BCUT2D eigenvalue weighted by atomic mass is 9.88. The Morgan fingerprint density at radius 2 is 2.22 bits per heavy atom. The Labute approximate surface area is 113 Å². The van der Waals surface area contributed by atoms with Crippen LogP contribution in [0.4, 0.5) is 0 Å². The van der Waals surface area contributed by atoms with E-state index < -0.39 is 5.54 Å². The summed E-state index contributed by atoms with van der Waals surface area (Å²) in [6.07, 6.45) is 5.44.